The van der Waals surface area contributed by atoms with E-state index < -0.39 is 24.2 Å². The molecule has 2 heterocycles. The van der Waals surface area contributed by atoms with Crippen molar-refractivity contribution in [2.75, 3.05) is 6.61 Å². The summed E-state index contributed by atoms with van der Waals surface area (Å²) in [6.07, 6.45) is -1.35. The Morgan fingerprint density at radius 3 is 2.68 bits per heavy atom. The van der Waals surface area contributed by atoms with Gasteiger partial charge in [0.05, 0.1) is 24.0 Å². The van der Waals surface area contributed by atoms with E-state index in [1.807, 2.05) is 0 Å². The molecule has 28 heavy (non-hydrogen) atoms. The van der Waals surface area contributed by atoms with Crippen LogP contribution in [-0.4, -0.2) is 38.3 Å². The van der Waals surface area contributed by atoms with Crippen LogP contribution in [0.15, 0.2) is 12.3 Å². The third kappa shape index (κ3) is 4.81. The second-order valence-electron chi connectivity index (χ2n) is 8.00. The summed E-state index contributed by atoms with van der Waals surface area (Å²) in [5.41, 5.74) is 1.17. The lowest BCUT2D eigenvalue weighted by Gasteiger charge is -2.23. The zero-order valence-corrected chi connectivity index (χ0v) is 16.0. The molecule has 2 aromatic rings. The van der Waals surface area contributed by atoms with Crippen LogP contribution in [0.4, 0.5) is 17.6 Å². The van der Waals surface area contributed by atoms with Gasteiger partial charge >= 0.3 is 6.18 Å². The van der Waals surface area contributed by atoms with Crippen molar-refractivity contribution >= 4 is 0 Å². The van der Waals surface area contributed by atoms with Gasteiger partial charge in [-0.2, -0.15) is 18.3 Å². The Labute approximate surface area is 160 Å². The average Bonchev–Trinajstić information content (AvgIpc) is 2.89. The number of pyridine rings is 1. The lowest BCUT2D eigenvalue weighted by molar-refractivity contribution is -0.154. The monoisotopic (exact) mass is 401 g/mol. The zero-order valence-electron chi connectivity index (χ0n) is 16.0. The van der Waals surface area contributed by atoms with E-state index in [1.54, 1.807) is 18.5 Å². The predicted molar refractivity (Wildman–Crippen MR) is 94.5 cm³/mol. The van der Waals surface area contributed by atoms with Crippen LogP contribution in [0.1, 0.15) is 38.4 Å². The van der Waals surface area contributed by atoms with E-state index >= 15 is 0 Å². The molecule has 9 heteroatoms. The van der Waals surface area contributed by atoms with Gasteiger partial charge in [0.1, 0.15) is 0 Å². The smallest absolute Gasteiger partial charge is 0.422 e. The molecule has 1 aliphatic carbocycles. The summed E-state index contributed by atoms with van der Waals surface area (Å²) in [4.78, 5) is 3.59. The van der Waals surface area contributed by atoms with E-state index in [-0.39, 0.29) is 18.0 Å². The molecular weight excluding hydrogens is 378 g/mol. The molecule has 1 N–H and O–H groups in total. The fraction of sp³-hybridized carbons (Fsp3) is 0.579. The van der Waals surface area contributed by atoms with Crippen molar-refractivity contribution in [2.45, 2.75) is 58.4 Å². The van der Waals surface area contributed by atoms with Gasteiger partial charge in [-0.25, -0.2) is 9.37 Å². The minimum Gasteiger partial charge on any atom is -0.468 e. The normalized spacial score (nSPS) is 17.5. The van der Waals surface area contributed by atoms with E-state index in [1.165, 1.54) is 0 Å². The molecule has 2 aromatic heterocycles. The van der Waals surface area contributed by atoms with Crippen molar-refractivity contribution < 1.29 is 27.4 Å². The van der Waals surface area contributed by atoms with Gasteiger partial charge < -0.3 is 9.84 Å². The summed E-state index contributed by atoms with van der Waals surface area (Å²) in [7, 11) is 0. The summed E-state index contributed by atoms with van der Waals surface area (Å²) in [5, 5.41) is 14.7. The number of fused-ring (bicyclic) bond motifs is 1. The van der Waals surface area contributed by atoms with Crippen molar-refractivity contribution in [3.8, 4) is 17.1 Å². The molecule has 1 atom stereocenters. The summed E-state index contributed by atoms with van der Waals surface area (Å²) in [5.74, 6) is -0.581. The number of aromatic nitrogens is 3. The third-order valence-electron chi connectivity index (χ3n) is 4.60. The first kappa shape index (κ1) is 20.6. The fourth-order valence-electron chi connectivity index (χ4n) is 3.40. The number of hydrogen-bond acceptors (Lipinski definition) is 4. The number of rotatable bonds is 5. The van der Waals surface area contributed by atoms with Crippen molar-refractivity contribution in [1.29, 1.82) is 0 Å². The Kier molecular flexibility index (Phi) is 5.40. The molecule has 0 spiro atoms. The van der Waals surface area contributed by atoms with Crippen LogP contribution in [-0.2, 0) is 19.4 Å². The van der Waals surface area contributed by atoms with E-state index in [4.69, 9.17) is 0 Å². The number of aliphatic hydroxyl groups is 1. The van der Waals surface area contributed by atoms with Crippen LogP contribution in [0.5, 0.6) is 5.88 Å². The van der Waals surface area contributed by atoms with Crippen LogP contribution in [0.25, 0.3) is 11.3 Å². The highest BCUT2D eigenvalue weighted by atomic mass is 19.4. The second kappa shape index (κ2) is 7.35. The molecule has 0 radical (unpaired) electrons. The summed E-state index contributed by atoms with van der Waals surface area (Å²) in [6, 6.07) is 1.15. The van der Waals surface area contributed by atoms with Gasteiger partial charge in [-0.15, -0.1) is 0 Å². The molecule has 0 aliphatic heterocycles. The number of ether oxygens (including phenoxy) is 1. The number of alkyl halides is 3. The van der Waals surface area contributed by atoms with Gasteiger partial charge in [-0.1, -0.05) is 6.92 Å². The number of nitrogens with zero attached hydrogens (tertiary/aromatic N) is 3. The Morgan fingerprint density at radius 2 is 2.04 bits per heavy atom. The van der Waals surface area contributed by atoms with Gasteiger partial charge in [-0.3, -0.25) is 4.68 Å². The van der Waals surface area contributed by atoms with Crippen molar-refractivity contribution in [1.82, 2.24) is 14.8 Å². The molecule has 3 rings (SSSR count). The minimum atomic E-state index is -4.51. The van der Waals surface area contributed by atoms with Crippen LogP contribution in [0.2, 0.25) is 0 Å². The molecule has 0 saturated heterocycles. The Balaban J connectivity index is 2.02. The van der Waals surface area contributed by atoms with E-state index in [0.29, 0.717) is 18.0 Å². The molecule has 0 fully saturated rings. The third-order valence-corrected chi connectivity index (χ3v) is 4.60. The van der Waals surface area contributed by atoms with Crippen molar-refractivity contribution in [3.63, 3.8) is 0 Å². The molecule has 0 saturated carbocycles. The number of halogens is 4. The first-order chi connectivity index (χ1) is 12.9. The first-order valence-electron chi connectivity index (χ1n) is 9.09. The fourth-order valence-corrected chi connectivity index (χ4v) is 3.40. The molecule has 0 aromatic carbocycles. The zero-order chi connectivity index (χ0) is 20.7. The standard InChI is InChI=1S/C19H23F4N3O2/c1-11-4-5-12-15(6-11)26(9-18(2,3)27)25-17(12)13-7-16(24-8-14(13)20)28-10-19(21,22)23/h7-8,11,27H,4-6,9-10H2,1-3H3/t11-/m1/s1. The summed E-state index contributed by atoms with van der Waals surface area (Å²) >= 11 is 0. The van der Waals surface area contributed by atoms with E-state index in [9.17, 15) is 22.7 Å². The quantitative estimate of drug-likeness (QED) is 0.772. The predicted octanol–water partition coefficient (Wildman–Crippen LogP) is 3.92. The van der Waals surface area contributed by atoms with Gasteiger partial charge in [-0.05, 0) is 39.0 Å². The highest BCUT2D eigenvalue weighted by Crippen LogP contribution is 2.36. The Bertz CT molecular complexity index is 856. The van der Waals surface area contributed by atoms with Crippen LogP contribution >= 0.6 is 0 Å². The molecule has 5 nitrogen and oxygen atoms in total. The van der Waals surface area contributed by atoms with Gasteiger partial charge in [0.15, 0.2) is 12.4 Å². The molecule has 154 valence electrons. The first-order valence-corrected chi connectivity index (χ1v) is 9.09. The van der Waals surface area contributed by atoms with Crippen LogP contribution < -0.4 is 4.74 Å². The minimum absolute atomic E-state index is 0.0486. The Morgan fingerprint density at radius 1 is 1.32 bits per heavy atom. The lowest BCUT2D eigenvalue weighted by atomic mass is 9.87. The molecule has 0 bridgehead atoms. The molecule has 0 unspecified atom stereocenters. The highest BCUT2D eigenvalue weighted by molar-refractivity contribution is 5.66. The van der Waals surface area contributed by atoms with Crippen molar-refractivity contribution in [2.24, 2.45) is 5.92 Å². The van der Waals surface area contributed by atoms with E-state index in [2.05, 4.69) is 21.7 Å². The van der Waals surface area contributed by atoms with Crippen molar-refractivity contribution in [3.05, 3.63) is 29.3 Å². The van der Waals surface area contributed by atoms with Gasteiger partial charge in [0.25, 0.3) is 0 Å². The maximum atomic E-state index is 14.5. The number of hydrogen-bond donors (Lipinski definition) is 1. The maximum Gasteiger partial charge on any atom is 0.422 e. The van der Waals surface area contributed by atoms with Crippen LogP contribution in [0, 0.1) is 11.7 Å². The molecule has 1 aliphatic rings. The largest absolute Gasteiger partial charge is 0.468 e. The molecule has 0 amide bonds. The Hall–Kier alpha value is -2.16. The summed E-state index contributed by atoms with van der Waals surface area (Å²) < 4.78 is 58.0. The second-order valence-corrected chi connectivity index (χ2v) is 8.00. The lowest BCUT2D eigenvalue weighted by Crippen LogP contribution is -2.28. The van der Waals surface area contributed by atoms with Gasteiger partial charge in [0, 0.05) is 22.9 Å². The average molecular weight is 401 g/mol. The van der Waals surface area contributed by atoms with E-state index in [0.717, 1.165) is 36.4 Å². The SMILES string of the molecule is C[C@@H]1CCc2c(-c3cc(OCC(F)(F)F)ncc3F)nn(CC(C)(C)O)c2C1. The molecular formula is C19H23F4N3O2. The van der Waals surface area contributed by atoms with Crippen LogP contribution in [0.3, 0.4) is 0 Å². The summed E-state index contributed by atoms with van der Waals surface area (Å²) in [6.45, 7) is 4.15. The topological polar surface area (TPSA) is 60.2 Å². The maximum absolute atomic E-state index is 14.5. The highest BCUT2D eigenvalue weighted by Gasteiger charge is 2.30. The van der Waals surface area contributed by atoms with Gasteiger partial charge in [0.2, 0.25) is 5.88 Å².